The fraction of sp³-hybridized carbons (Fsp3) is 0.267. The second-order valence-corrected chi connectivity index (χ2v) is 7.80. The second-order valence-electron chi connectivity index (χ2n) is 5.64. The van der Waals surface area contributed by atoms with Crippen molar-refractivity contribution in [3.63, 3.8) is 0 Å². The molecule has 0 aliphatic carbocycles. The molecule has 132 valence electrons. The minimum Gasteiger partial charge on any atom is -0.368 e. The number of nitrogens with two attached hydrogens (primary N) is 1. The average Bonchev–Trinajstić information content (AvgIpc) is 2.94. The number of anilines is 1. The van der Waals surface area contributed by atoms with Gasteiger partial charge < -0.3 is 20.1 Å². The molecule has 0 saturated heterocycles. The van der Waals surface area contributed by atoms with Gasteiger partial charge in [0.1, 0.15) is 5.52 Å². The number of hydrogen-bond donors (Lipinski definition) is 3. The van der Waals surface area contributed by atoms with Crippen LogP contribution in [-0.2, 0) is 11.1 Å². The van der Waals surface area contributed by atoms with Crippen molar-refractivity contribution in [1.29, 1.82) is 0 Å². The number of benzene rings is 1. The molecular weight excluding hydrogens is 388 g/mol. The van der Waals surface area contributed by atoms with E-state index < -0.39 is 13.3 Å². The van der Waals surface area contributed by atoms with Gasteiger partial charge in [0.2, 0.25) is 5.95 Å². The molecule has 4 N–H and O–H groups in total. The Morgan fingerprint density at radius 2 is 1.92 bits per heavy atom. The molecule has 1 aromatic carbocycles. The molecule has 0 bridgehead atoms. The summed E-state index contributed by atoms with van der Waals surface area (Å²) >= 11 is 5.99. The van der Waals surface area contributed by atoms with Crippen LogP contribution in [0.1, 0.15) is 24.1 Å². The first-order valence-electron chi connectivity index (χ1n) is 7.60. The van der Waals surface area contributed by atoms with Crippen molar-refractivity contribution in [2.75, 3.05) is 5.73 Å². The summed E-state index contributed by atoms with van der Waals surface area (Å²) in [5.41, 5.74) is 6.35. The largest absolute Gasteiger partial charge is 1.00 e. The van der Waals surface area contributed by atoms with Crippen molar-refractivity contribution in [2.45, 2.75) is 25.0 Å². The molecule has 0 fully saturated rings. The molecule has 0 amide bonds. The monoisotopic (exact) mass is 404 g/mol. The number of halogens is 1. The Balaban J connectivity index is 0.00000243. The van der Waals surface area contributed by atoms with Crippen molar-refractivity contribution in [2.24, 2.45) is 0 Å². The van der Waals surface area contributed by atoms with Gasteiger partial charge in [-0.15, -0.1) is 0 Å². The maximum atomic E-state index is 11.8. The van der Waals surface area contributed by atoms with Crippen LogP contribution in [0, 0.1) is 0 Å². The summed E-state index contributed by atoms with van der Waals surface area (Å²) in [6.45, 7) is 0.479. The number of fused-ring (bicyclic) bond motifs is 1. The summed E-state index contributed by atoms with van der Waals surface area (Å²) < 4.78 is 13.6. The Labute approximate surface area is 177 Å². The first kappa shape index (κ1) is 21.3. The van der Waals surface area contributed by atoms with Crippen molar-refractivity contribution in [3.05, 3.63) is 47.4 Å². The van der Waals surface area contributed by atoms with Gasteiger partial charge in [-0.05, 0) is 18.4 Å². The maximum Gasteiger partial charge on any atom is 1.00 e. The molecule has 26 heavy (non-hydrogen) atoms. The van der Waals surface area contributed by atoms with Crippen LogP contribution in [0.3, 0.4) is 0 Å². The van der Waals surface area contributed by atoms with Crippen LogP contribution < -0.4 is 35.3 Å². The third-order valence-electron chi connectivity index (χ3n) is 3.91. The molecule has 0 saturated carbocycles. The number of hydrogen-bond acceptors (Lipinski definition) is 5. The van der Waals surface area contributed by atoms with E-state index in [1.165, 1.54) is 0 Å². The van der Waals surface area contributed by atoms with Gasteiger partial charge in [0.25, 0.3) is 0 Å². The molecule has 3 aromatic rings. The van der Waals surface area contributed by atoms with E-state index in [-0.39, 0.29) is 40.7 Å². The zero-order valence-electron chi connectivity index (χ0n) is 14.2. The van der Waals surface area contributed by atoms with Crippen molar-refractivity contribution in [3.8, 4) is 0 Å². The molecule has 0 aliphatic heterocycles. The quantitative estimate of drug-likeness (QED) is 0.294. The summed E-state index contributed by atoms with van der Waals surface area (Å²) in [7, 11) is -4.26. The SMILES string of the molecule is Nc1nc(Cl)c2ncn(CCCC(c3ccccc3)P(=O)(O)O)c2n1.[Na+]. The summed E-state index contributed by atoms with van der Waals surface area (Å²) in [5, 5.41) is 0.179. The van der Waals surface area contributed by atoms with Crippen LogP contribution in [0.5, 0.6) is 0 Å². The molecule has 0 aliphatic rings. The molecule has 0 spiro atoms. The van der Waals surface area contributed by atoms with Gasteiger partial charge in [0, 0.05) is 6.54 Å². The van der Waals surface area contributed by atoms with E-state index >= 15 is 0 Å². The standard InChI is InChI=1S/C15H17ClN5O3P.Na/c16-13-12-14(20-15(17)19-13)21(9-18-12)8-4-7-11(25(22,23)24)10-5-2-1-3-6-10;/h1-3,5-6,9,11H,4,7-8H2,(H2,17,19,20)(H2,22,23,24);/q;+1. The Hall–Kier alpha value is -0.990. The third-order valence-corrected chi connectivity index (χ3v) is 5.54. The normalized spacial score (nSPS) is 12.7. The van der Waals surface area contributed by atoms with Crippen LogP contribution in [0.15, 0.2) is 36.7 Å². The van der Waals surface area contributed by atoms with E-state index in [2.05, 4.69) is 15.0 Å². The van der Waals surface area contributed by atoms with Crippen LogP contribution in [0.2, 0.25) is 5.15 Å². The Morgan fingerprint density at radius 3 is 2.58 bits per heavy atom. The molecule has 3 rings (SSSR count). The van der Waals surface area contributed by atoms with Crippen LogP contribution in [-0.4, -0.2) is 29.3 Å². The molecule has 2 aromatic heterocycles. The maximum absolute atomic E-state index is 11.8. The number of nitrogens with zero attached hydrogens (tertiary/aromatic N) is 4. The van der Waals surface area contributed by atoms with Gasteiger partial charge in [0.15, 0.2) is 10.8 Å². The van der Waals surface area contributed by atoms with E-state index in [4.69, 9.17) is 17.3 Å². The Bertz CT molecular complexity index is 934. The molecule has 8 nitrogen and oxygen atoms in total. The first-order chi connectivity index (χ1) is 11.9. The predicted octanol–water partition coefficient (Wildman–Crippen LogP) is -0.235. The van der Waals surface area contributed by atoms with Gasteiger partial charge in [-0.3, -0.25) is 4.57 Å². The van der Waals surface area contributed by atoms with E-state index in [1.807, 2.05) is 6.07 Å². The molecule has 1 unspecified atom stereocenters. The van der Waals surface area contributed by atoms with Crippen LogP contribution in [0.4, 0.5) is 5.95 Å². The molecule has 11 heteroatoms. The second kappa shape index (κ2) is 8.80. The zero-order chi connectivity index (χ0) is 18.0. The minimum absolute atomic E-state index is 0. The zero-order valence-corrected chi connectivity index (χ0v) is 17.8. The van der Waals surface area contributed by atoms with Crippen LogP contribution in [0.25, 0.3) is 11.2 Å². The molecular formula is C15H17ClN5NaO3P+. The van der Waals surface area contributed by atoms with E-state index in [0.717, 1.165) is 0 Å². The summed E-state index contributed by atoms with van der Waals surface area (Å²) in [6.07, 6.45) is 2.42. The van der Waals surface area contributed by atoms with Gasteiger partial charge in [-0.2, -0.15) is 9.97 Å². The molecule has 1 atom stereocenters. The van der Waals surface area contributed by atoms with Gasteiger partial charge in [0.05, 0.1) is 12.0 Å². The Morgan fingerprint density at radius 1 is 1.23 bits per heavy atom. The average molecular weight is 405 g/mol. The number of aromatic nitrogens is 4. The summed E-state index contributed by atoms with van der Waals surface area (Å²) in [6, 6.07) is 8.80. The number of nitrogen functional groups attached to an aromatic ring is 1. The van der Waals surface area contributed by atoms with Crippen molar-refractivity contribution in [1.82, 2.24) is 19.5 Å². The summed E-state index contributed by atoms with van der Waals surface area (Å²) in [5.74, 6) is 0.0524. The van der Waals surface area contributed by atoms with Gasteiger partial charge in [-0.25, -0.2) is 4.98 Å². The number of aryl methyl sites for hydroxylation is 1. The van der Waals surface area contributed by atoms with Gasteiger partial charge in [-0.1, -0.05) is 41.9 Å². The number of imidazole rings is 1. The molecule has 0 radical (unpaired) electrons. The smallest absolute Gasteiger partial charge is 0.368 e. The van der Waals surface area contributed by atoms with Gasteiger partial charge >= 0.3 is 37.2 Å². The first-order valence-corrected chi connectivity index (χ1v) is 9.66. The van der Waals surface area contributed by atoms with Crippen molar-refractivity contribution >= 4 is 36.3 Å². The van der Waals surface area contributed by atoms with E-state index in [1.54, 1.807) is 35.2 Å². The summed E-state index contributed by atoms with van der Waals surface area (Å²) in [4.78, 5) is 31.5. The number of rotatable bonds is 6. The van der Waals surface area contributed by atoms with Crippen molar-refractivity contribution < 1.29 is 43.9 Å². The van der Waals surface area contributed by atoms with E-state index in [9.17, 15) is 14.4 Å². The fourth-order valence-corrected chi connectivity index (χ4v) is 4.05. The fourth-order valence-electron chi connectivity index (χ4n) is 2.75. The van der Waals surface area contributed by atoms with E-state index in [0.29, 0.717) is 36.1 Å². The topological polar surface area (TPSA) is 127 Å². The third kappa shape index (κ3) is 4.84. The molecule has 2 heterocycles. The van der Waals surface area contributed by atoms with Crippen LogP contribution >= 0.6 is 19.2 Å². The Kier molecular flexibility index (Phi) is 7.21. The predicted molar refractivity (Wildman–Crippen MR) is 95.2 cm³/mol. The minimum atomic E-state index is -4.26.